The van der Waals surface area contributed by atoms with Crippen molar-refractivity contribution in [3.05, 3.63) is 76.0 Å². The summed E-state index contributed by atoms with van der Waals surface area (Å²) in [4.78, 5) is 28.0. The Kier molecular flexibility index (Phi) is 4.47. The highest BCUT2D eigenvalue weighted by molar-refractivity contribution is 6.07. The van der Waals surface area contributed by atoms with Crippen LogP contribution in [0.5, 0.6) is 0 Å². The highest BCUT2D eigenvalue weighted by Crippen LogP contribution is 2.44. The third-order valence-corrected chi connectivity index (χ3v) is 5.70. The van der Waals surface area contributed by atoms with Crippen LogP contribution in [-0.4, -0.2) is 11.7 Å². The summed E-state index contributed by atoms with van der Waals surface area (Å²) in [7, 11) is 0. The van der Waals surface area contributed by atoms with Gasteiger partial charge in [0, 0.05) is 35.7 Å². The van der Waals surface area contributed by atoms with Gasteiger partial charge in [-0.05, 0) is 68.0 Å². The van der Waals surface area contributed by atoms with Crippen molar-refractivity contribution in [2.45, 2.75) is 52.4 Å². The first-order valence-electron chi connectivity index (χ1n) is 9.68. The highest BCUT2D eigenvalue weighted by Gasteiger charge is 2.40. The molecule has 27 heavy (non-hydrogen) atoms. The van der Waals surface area contributed by atoms with E-state index in [1.807, 2.05) is 43.0 Å². The number of rotatable bonds is 2. The Labute approximate surface area is 160 Å². The Morgan fingerprint density at radius 1 is 0.926 bits per heavy atom. The van der Waals surface area contributed by atoms with Crippen LogP contribution in [-0.2, 0) is 9.59 Å². The van der Waals surface area contributed by atoms with Crippen molar-refractivity contribution < 1.29 is 9.59 Å². The molecule has 1 atom stereocenters. The van der Waals surface area contributed by atoms with Gasteiger partial charge in [-0.3, -0.25) is 14.5 Å². The van der Waals surface area contributed by atoms with E-state index in [4.69, 9.17) is 0 Å². The van der Waals surface area contributed by atoms with Crippen LogP contribution >= 0.6 is 0 Å². The summed E-state index contributed by atoms with van der Waals surface area (Å²) < 4.78 is 0. The Hall–Kier alpha value is -2.68. The molecule has 2 aliphatic rings. The second-order valence-electron chi connectivity index (χ2n) is 7.83. The molecule has 3 nitrogen and oxygen atoms in total. The first-order valence-corrected chi connectivity index (χ1v) is 9.68. The summed E-state index contributed by atoms with van der Waals surface area (Å²) in [5.41, 5.74) is 7.17. The van der Waals surface area contributed by atoms with E-state index in [-0.39, 0.29) is 17.6 Å². The minimum absolute atomic E-state index is 0.0849. The van der Waals surface area contributed by atoms with Gasteiger partial charge in [-0.2, -0.15) is 0 Å². The number of benzene rings is 2. The minimum atomic E-state index is -0.122. The quantitative estimate of drug-likeness (QED) is 0.744. The van der Waals surface area contributed by atoms with E-state index in [0.717, 1.165) is 52.1 Å². The van der Waals surface area contributed by atoms with Crippen LogP contribution in [0.1, 0.15) is 53.9 Å². The van der Waals surface area contributed by atoms with Crippen LogP contribution in [0.4, 0.5) is 5.69 Å². The summed E-state index contributed by atoms with van der Waals surface area (Å²) in [5, 5.41) is 0. The molecule has 0 radical (unpaired) electrons. The average Bonchev–Trinajstić information content (AvgIpc) is 2.60. The number of carbonyl (C=O) groups is 2. The molecule has 0 N–H and O–H groups in total. The molecule has 0 spiro atoms. The summed E-state index contributed by atoms with van der Waals surface area (Å²) in [6, 6.07) is 14.3. The van der Waals surface area contributed by atoms with Crippen LogP contribution in [0.2, 0.25) is 0 Å². The maximum absolute atomic E-state index is 13.3. The Balaban J connectivity index is 1.90. The molecule has 3 heteroatoms. The number of nitrogens with zero attached hydrogens (tertiary/aromatic N) is 1. The molecule has 0 saturated carbocycles. The molecule has 1 amide bonds. The van der Waals surface area contributed by atoms with Crippen molar-refractivity contribution in [3.63, 3.8) is 0 Å². The maximum Gasteiger partial charge on any atom is 0.232 e. The third-order valence-electron chi connectivity index (χ3n) is 5.70. The molecule has 0 saturated heterocycles. The summed E-state index contributed by atoms with van der Waals surface area (Å²) in [6.45, 7) is 6.15. The Morgan fingerprint density at radius 2 is 1.63 bits per heavy atom. The molecule has 2 aromatic carbocycles. The fraction of sp³-hybridized carbons (Fsp3) is 0.333. The molecule has 138 valence electrons. The van der Waals surface area contributed by atoms with Crippen LogP contribution in [0.25, 0.3) is 0 Å². The number of ketones is 1. The zero-order valence-corrected chi connectivity index (χ0v) is 16.2. The molecule has 1 aliphatic heterocycles. The average molecular weight is 359 g/mol. The monoisotopic (exact) mass is 359 g/mol. The van der Waals surface area contributed by atoms with Crippen LogP contribution in [0, 0.1) is 20.8 Å². The smallest absolute Gasteiger partial charge is 0.232 e. The normalized spacial score (nSPS) is 20.1. The van der Waals surface area contributed by atoms with E-state index < -0.39 is 0 Å². The fourth-order valence-electron chi connectivity index (χ4n) is 4.62. The van der Waals surface area contributed by atoms with Gasteiger partial charge in [0.25, 0.3) is 0 Å². The Morgan fingerprint density at radius 3 is 2.33 bits per heavy atom. The molecule has 2 aromatic rings. The lowest BCUT2D eigenvalue weighted by molar-refractivity contribution is -0.119. The molecule has 0 bridgehead atoms. The number of anilines is 1. The van der Waals surface area contributed by atoms with Gasteiger partial charge in [0.15, 0.2) is 5.78 Å². The van der Waals surface area contributed by atoms with Gasteiger partial charge in [0.2, 0.25) is 5.91 Å². The van der Waals surface area contributed by atoms with Gasteiger partial charge in [0.1, 0.15) is 0 Å². The standard InChI is InChI=1S/C24H25NO2/c1-15-11-16(2)13-18(12-15)25-21-9-6-10-22(26)24(21)20(14-23(25)27)19-8-5-4-7-17(19)3/h4-5,7-8,11-13,20H,6,9-10,14H2,1-3H3. The number of allylic oxidation sites excluding steroid dienone is 2. The van der Waals surface area contributed by atoms with E-state index in [2.05, 4.69) is 25.1 Å². The molecule has 0 aromatic heterocycles. The van der Waals surface area contributed by atoms with Gasteiger partial charge in [-0.15, -0.1) is 0 Å². The van der Waals surface area contributed by atoms with Gasteiger partial charge >= 0.3 is 0 Å². The molecule has 4 rings (SSSR count). The van der Waals surface area contributed by atoms with E-state index in [1.54, 1.807) is 0 Å². The highest BCUT2D eigenvalue weighted by atomic mass is 16.2. The second-order valence-corrected chi connectivity index (χ2v) is 7.83. The molecular weight excluding hydrogens is 334 g/mol. The van der Waals surface area contributed by atoms with Crippen LogP contribution in [0.15, 0.2) is 53.7 Å². The number of carbonyl (C=O) groups excluding carboxylic acids is 2. The SMILES string of the molecule is Cc1cc(C)cc(N2C(=O)CC(c3ccccc3C)C3=C2CCCC3=O)c1. The number of aryl methyl sites for hydroxylation is 3. The van der Waals surface area contributed by atoms with E-state index in [9.17, 15) is 9.59 Å². The molecule has 1 unspecified atom stereocenters. The lowest BCUT2D eigenvalue weighted by Gasteiger charge is -2.39. The first-order chi connectivity index (χ1) is 13.0. The second kappa shape index (κ2) is 6.80. The number of hydrogen-bond donors (Lipinski definition) is 0. The lowest BCUT2D eigenvalue weighted by atomic mass is 9.76. The molecule has 0 fully saturated rings. The van der Waals surface area contributed by atoms with Crippen LogP contribution in [0.3, 0.4) is 0 Å². The number of Topliss-reactive ketones (excluding diaryl/α,β-unsaturated/α-hetero) is 1. The van der Waals surface area contributed by atoms with E-state index >= 15 is 0 Å². The topological polar surface area (TPSA) is 37.4 Å². The maximum atomic E-state index is 13.3. The van der Waals surface area contributed by atoms with Crippen LogP contribution < -0.4 is 4.90 Å². The summed E-state index contributed by atoms with van der Waals surface area (Å²) in [6.07, 6.45) is 2.52. The predicted octanol–water partition coefficient (Wildman–Crippen LogP) is 5.14. The number of amides is 1. The molecule has 1 aliphatic carbocycles. The third kappa shape index (κ3) is 3.12. The van der Waals surface area contributed by atoms with Crippen molar-refractivity contribution in [1.29, 1.82) is 0 Å². The van der Waals surface area contributed by atoms with Crippen molar-refractivity contribution in [3.8, 4) is 0 Å². The van der Waals surface area contributed by atoms with Gasteiger partial charge in [0.05, 0.1) is 0 Å². The predicted molar refractivity (Wildman–Crippen MR) is 108 cm³/mol. The van der Waals surface area contributed by atoms with Crippen molar-refractivity contribution >= 4 is 17.4 Å². The van der Waals surface area contributed by atoms with E-state index in [0.29, 0.717) is 12.8 Å². The van der Waals surface area contributed by atoms with Gasteiger partial charge < -0.3 is 0 Å². The van der Waals surface area contributed by atoms with E-state index in [1.165, 1.54) is 0 Å². The first kappa shape index (κ1) is 17.7. The molecular formula is C24H25NO2. The zero-order valence-electron chi connectivity index (χ0n) is 16.2. The zero-order chi connectivity index (χ0) is 19.1. The fourth-order valence-corrected chi connectivity index (χ4v) is 4.62. The van der Waals surface area contributed by atoms with Crippen molar-refractivity contribution in [1.82, 2.24) is 0 Å². The Bertz CT molecular complexity index is 950. The van der Waals surface area contributed by atoms with Gasteiger partial charge in [-0.25, -0.2) is 0 Å². The number of hydrogen-bond acceptors (Lipinski definition) is 2. The summed E-state index contributed by atoms with van der Waals surface area (Å²) >= 11 is 0. The summed E-state index contributed by atoms with van der Waals surface area (Å²) in [5.74, 6) is 0.164. The largest absolute Gasteiger partial charge is 0.294 e. The van der Waals surface area contributed by atoms with Crippen molar-refractivity contribution in [2.24, 2.45) is 0 Å². The van der Waals surface area contributed by atoms with Gasteiger partial charge in [-0.1, -0.05) is 30.3 Å². The molecule has 1 heterocycles. The van der Waals surface area contributed by atoms with Crippen molar-refractivity contribution in [2.75, 3.05) is 4.90 Å². The minimum Gasteiger partial charge on any atom is -0.294 e. The lowest BCUT2D eigenvalue weighted by Crippen LogP contribution is -2.40.